The van der Waals surface area contributed by atoms with Crippen molar-refractivity contribution >= 4 is 23.2 Å². The first-order valence-corrected chi connectivity index (χ1v) is 13.8. The minimum Gasteiger partial charge on any atom is -0.352 e. The quantitative estimate of drug-likeness (QED) is 0.607. The van der Waals surface area contributed by atoms with E-state index in [-0.39, 0.29) is 35.8 Å². The summed E-state index contributed by atoms with van der Waals surface area (Å²) in [7, 11) is 0. The predicted octanol–water partition coefficient (Wildman–Crippen LogP) is 3.91. The van der Waals surface area contributed by atoms with Crippen molar-refractivity contribution < 1.29 is 14.0 Å². The second kappa shape index (κ2) is 10.8. The maximum absolute atomic E-state index is 13.6. The fraction of sp³-hybridized carbons (Fsp3) is 0.556. The number of thiophene rings is 1. The first-order valence-electron chi connectivity index (χ1n) is 12.9. The number of nitrogens with one attached hydrogen (secondary N) is 1. The lowest BCUT2D eigenvalue weighted by atomic mass is 9.90. The second-order valence-electron chi connectivity index (χ2n) is 10.3. The van der Waals surface area contributed by atoms with Crippen LogP contribution in [0.4, 0.5) is 4.39 Å². The number of halogens is 1. The molecular weight excluding hydrogens is 463 g/mol. The summed E-state index contributed by atoms with van der Waals surface area (Å²) in [5, 5.41) is 5.16. The van der Waals surface area contributed by atoms with Gasteiger partial charge in [-0.15, -0.1) is 11.3 Å². The number of hydrogen-bond donors (Lipinski definition) is 2. The predicted molar refractivity (Wildman–Crippen MR) is 136 cm³/mol. The highest BCUT2D eigenvalue weighted by atomic mass is 32.1. The summed E-state index contributed by atoms with van der Waals surface area (Å²) in [5.74, 6) is -0.328. The van der Waals surface area contributed by atoms with Gasteiger partial charge in [0, 0.05) is 37.3 Å². The molecule has 2 heterocycles. The number of carbonyl (C=O) groups is 2. The molecule has 0 bridgehead atoms. The van der Waals surface area contributed by atoms with E-state index in [1.807, 2.05) is 29.6 Å². The van der Waals surface area contributed by atoms with Gasteiger partial charge >= 0.3 is 0 Å². The first-order chi connectivity index (χ1) is 17.0. The van der Waals surface area contributed by atoms with Crippen LogP contribution in [0.3, 0.4) is 0 Å². The standard InChI is InChI=1S/C27H35FN4O2S/c28-19-5-3-18(4-6-19)17-32(22-11-12-22)23-13-14-31(27(34)25-2-1-15-35-25)24(16-23)26(33)30-21-9-7-20(29)8-10-21/h1-6,15,20-24H,7-14,16-17,29H2,(H,30,33)/t20?,21?,23?,24-/m1/s1. The number of piperidine rings is 1. The molecule has 5 rings (SSSR count). The van der Waals surface area contributed by atoms with E-state index in [0.717, 1.165) is 57.1 Å². The number of benzene rings is 1. The van der Waals surface area contributed by atoms with Crippen LogP contribution >= 0.6 is 11.3 Å². The highest BCUT2D eigenvalue weighted by molar-refractivity contribution is 7.12. The molecular formula is C27H35FN4O2S. The number of likely N-dealkylation sites (tertiary alicyclic amines) is 1. The van der Waals surface area contributed by atoms with Gasteiger partial charge in [0.05, 0.1) is 4.88 Å². The van der Waals surface area contributed by atoms with Crippen molar-refractivity contribution in [2.24, 2.45) is 5.73 Å². The van der Waals surface area contributed by atoms with Gasteiger partial charge in [0.15, 0.2) is 0 Å². The maximum atomic E-state index is 13.6. The number of amides is 2. The minimum absolute atomic E-state index is 0.0439. The Labute approximate surface area is 210 Å². The SMILES string of the molecule is NC1CCC(NC(=O)[C@H]2CC(N(Cc3ccc(F)cc3)C3CC3)CCN2C(=O)c2cccs2)CC1. The molecule has 1 aromatic carbocycles. The molecule has 2 aliphatic carbocycles. The van der Waals surface area contributed by atoms with Gasteiger partial charge in [-0.25, -0.2) is 4.39 Å². The molecule has 3 N–H and O–H groups in total. The summed E-state index contributed by atoms with van der Waals surface area (Å²) in [4.78, 5) is 31.9. The lowest BCUT2D eigenvalue weighted by Gasteiger charge is -2.43. The molecule has 0 radical (unpaired) electrons. The Morgan fingerprint density at radius 3 is 2.43 bits per heavy atom. The smallest absolute Gasteiger partial charge is 0.264 e. The zero-order valence-electron chi connectivity index (χ0n) is 20.1. The molecule has 8 heteroatoms. The molecule has 3 aliphatic rings. The van der Waals surface area contributed by atoms with Crippen molar-refractivity contribution in [2.75, 3.05) is 6.54 Å². The summed E-state index contributed by atoms with van der Waals surface area (Å²) >= 11 is 1.42. The average molecular weight is 499 g/mol. The Balaban J connectivity index is 1.33. The van der Waals surface area contributed by atoms with Gasteiger partial charge < -0.3 is 16.0 Å². The van der Waals surface area contributed by atoms with Crippen LogP contribution < -0.4 is 11.1 Å². The van der Waals surface area contributed by atoms with Crippen LogP contribution in [-0.4, -0.2) is 58.4 Å². The van der Waals surface area contributed by atoms with Crippen molar-refractivity contribution in [2.45, 2.75) is 88.1 Å². The van der Waals surface area contributed by atoms with E-state index in [4.69, 9.17) is 5.73 Å². The molecule has 3 fully saturated rings. The Kier molecular flexibility index (Phi) is 7.51. The van der Waals surface area contributed by atoms with Gasteiger partial charge in [-0.2, -0.15) is 0 Å². The molecule has 2 aromatic rings. The van der Waals surface area contributed by atoms with Crippen LogP contribution in [-0.2, 0) is 11.3 Å². The fourth-order valence-corrected chi connectivity index (χ4v) is 6.28. The van der Waals surface area contributed by atoms with Gasteiger partial charge in [-0.05, 0) is 80.5 Å². The van der Waals surface area contributed by atoms with E-state index >= 15 is 0 Å². The van der Waals surface area contributed by atoms with Gasteiger partial charge in [-0.3, -0.25) is 14.5 Å². The molecule has 35 heavy (non-hydrogen) atoms. The van der Waals surface area contributed by atoms with Crippen LogP contribution in [0.25, 0.3) is 0 Å². The first kappa shape index (κ1) is 24.4. The summed E-state index contributed by atoms with van der Waals surface area (Å²) in [6.45, 7) is 1.30. The van der Waals surface area contributed by atoms with E-state index in [0.29, 0.717) is 23.9 Å². The molecule has 2 amide bonds. The molecule has 6 nitrogen and oxygen atoms in total. The monoisotopic (exact) mass is 498 g/mol. The second-order valence-corrected chi connectivity index (χ2v) is 11.3. The summed E-state index contributed by atoms with van der Waals surface area (Å²) in [6.07, 6.45) is 7.36. The maximum Gasteiger partial charge on any atom is 0.264 e. The van der Waals surface area contributed by atoms with Crippen LogP contribution in [0.15, 0.2) is 41.8 Å². The normalized spacial score (nSPS) is 27.1. The van der Waals surface area contributed by atoms with Crippen molar-refractivity contribution in [3.8, 4) is 0 Å². The molecule has 2 saturated carbocycles. The lowest BCUT2D eigenvalue weighted by Crippen LogP contribution is -2.58. The molecule has 0 spiro atoms. The minimum atomic E-state index is -0.492. The number of nitrogens with two attached hydrogens (primary N) is 1. The zero-order valence-corrected chi connectivity index (χ0v) is 20.9. The van der Waals surface area contributed by atoms with Gasteiger partial charge in [0.25, 0.3) is 5.91 Å². The van der Waals surface area contributed by atoms with Crippen molar-refractivity contribution in [1.29, 1.82) is 0 Å². The third-order valence-corrected chi connectivity index (χ3v) is 8.61. The van der Waals surface area contributed by atoms with Crippen LogP contribution in [0.2, 0.25) is 0 Å². The fourth-order valence-electron chi connectivity index (χ4n) is 5.61. The number of hydrogen-bond acceptors (Lipinski definition) is 5. The highest BCUT2D eigenvalue weighted by Gasteiger charge is 2.42. The van der Waals surface area contributed by atoms with Gasteiger partial charge in [0.2, 0.25) is 5.91 Å². The van der Waals surface area contributed by atoms with E-state index in [1.165, 1.54) is 23.5 Å². The Morgan fingerprint density at radius 1 is 1.03 bits per heavy atom. The van der Waals surface area contributed by atoms with Crippen LogP contribution in [0.1, 0.15) is 66.6 Å². The molecule has 2 atom stereocenters. The largest absolute Gasteiger partial charge is 0.352 e. The third-order valence-electron chi connectivity index (χ3n) is 7.75. The van der Waals surface area contributed by atoms with Gasteiger partial charge in [0.1, 0.15) is 11.9 Å². The topological polar surface area (TPSA) is 78.7 Å². The highest BCUT2D eigenvalue weighted by Crippen LogP contribution is 2.35. The number of nitrogens with zero attached hydrogens (tertiary/aromatic N) is 2. The van der Waals surface area contributed by atoms with E-state index in [2.05, 4.69) is 10.2 Å². The third kappa shape index (κ3) is 5.93. The van der Waals surface area contributed by atoms with Crippen molar-refractivity contribution in [3.63, 3.8) is 0 Å². The van der Waals surface area contributed by atoms with E-state index in [1.54, 1.807) is 4.90 Å². The molecule has 1 saturated heterocycles. The van der Waals surface area contributed by atoms with Crippen LogP contribution in [0.5, 0.6) is 0 Å². The van der Waals surface area contributed by atoms with Crippen molar-refractivity contribution in [1.82, 2.24) is 15.1 Å². The number of rotatable bonds is 7. The molecule has 188 valence electrons. The van der Waals surface area contributed by atoms with Crippen molar-refractivity contribution in [3.05, 3.63) is 58.0 Å². The van der Waals surface area contributed by atoms with Crippen LogP contribution in [0, 0.1) is 5.82 Å². The Bertz CT molecular complexity index is 1000. The number of carbonyl (C=O) groups excluding carboxylic acids is 2. The summed E-state index contributed by atoms with van der Waals surface area (Å²) < 4.78 is 13.4. The molecule has 1 unspecified atom stereocenters. The Morgan fingerprint density at radius 2 is 1.77 bits per heavy atom. The summed E-state index contributed by atoms with van der Waals surface area (Å²) in [5.41, 5.74) is 7.13. The van der Waals surface area contributed by atoms with Gasteiger partial charge in [-0.1, -0.05) is 18.2 Å². The molecule has 1 aliphatic heterocycles. The zero-order chi connectivity index (χ0) is 24.4. The van der Waals surface area contributed by atoms with E-state index < -0.39 is 6.04 Å². The Hall–Kier alpha value is -2.29. The molecule has 1 aromatic heterocycles. The van der Waals surface area contributed by atoms with E-state index in [9.17, 15) is 14.0 Å². The average Bonchev–Trinajstić information content (AvgIpc) is 3.56. The lowest BCUT2D eigenvalue weighted by molar-refractivity contribution is -0.128. The summed E-state index contributed by atoms with van der Waals surface area (Å²) in [6, 6.07) is 11.0.